The number of rotatable bonds is 3. The van der Waals surface area contributed by atoms with Crippen LogP contribution in [0.5, 0.6) is 0 Å². The second-order valence-electron chi connectivity index (χ2n) is 7.22. The van der Waals surface area contributed by atoms with Crippen molar-refractivity contribution < 1.29 is 26.8 Å². The standard InChI is InChI=1S/C20H19F2N3O4S/c21-13-2-1-3-15(10-13)30(28,29)25-8-6-24(7-9-25)20(27)17-12-19(26)23-18-11-14(22)4-5-16(17)18/h1-5,10-11,17H,6-9,12H2,(H,23,26). The minimum Gasteiger partial charge on any atom is -0.340 e. The zero-order valence-electron chi connectivity index (χ0n) is 15.8. The van der Waals surface area contributed by atoms with E-state index in [1.807, 2.05) is 0 Å². The first-order valence-electron chi connectivity index (χ1n) is 9.39. The normalized spacial score (nSPS) is 19.9. The zero-order chi connectivity index (χ0) is 21.5. The van der Waals surface area contributed by atoms with Crippen molar-refractivity contribution in [3.8, 4) is 0 Å². The quantitative estimate of drug-likeness (QED) is 0.798. The molecule has 1 unspecified atom stereocenters. The fourth-order valence-corrected chi connectivity index (χ4v) is 5.26. The van der Waals surface area contributed by atoms with Gasteiger partial charge in [0, 0.05) is 38.3 Å². The molecular weight excluding hydrogens is 416 g/mol. The SMILES string of the molecule is O=C1CC(C(=O)N2CCN(S(=O)(=O)c3cccc(F)c3)CC2)c2ccc(F)cc2N1. The van der Waals surface area contributed by atoms with E-state index in [9.17, 15) is 26.8 Å². The van der Waals surface area contributed by atoms with Gasteiger partial charge < -0.3 is 10.2 Å². The number of hydrogen-bond donors (Lipinski definition) is 1. The summed E-state index contributed by atoms with van der Waals surface area (Å²) in [6.45, 7) is 0.392. The molecule has 0 bridgehead atoms. The Bertz CT molecular complexity index is 1110. The lowest BCUT2D eigenvalue weighted by Gasteiger charge is -2.36. The summed E-state index contributed by atoms with van der Waals surface area (Å²) >= 11 is 0. The van der Waals surface area contributed by atoms with Gasteiger partial charge in [-0.2, -0.15) is 4.31 Å². The molecule has 1 N–H and O–H groups in total. The van der Waals surface area contributed by atoms with E-state index in [0.717, 1.165) is 6.07 Å². The van der Waals surface area contributed by atoms with E-state index < -0.39 is 27.6 Å². The maximum atomic E-state index is 13.5. The van der Waals surface area contributed by atoms with E-state index in [2.05, 4.69) is 5.32 Å². The van der Waals surface area contributed by atoms with Crippen molar-refractivity contribution in [3.63, 3.8) is 0 Å². The Kier molecular flexibility index (Phi) is 5.29. The zero-order valence-corrected chi connectivity index (χ0v) is 16.7. The number of carbonyl (C=O) groups is 2. The highest BCUT2D eigenvalue weighted by Crippen LogP contribution is 2.34. The average molecular weight is 435 g/mol. The van der Waals surface area contributed by atoms with E-state index >= 15 is 0 Å². The number of anilines is 1. The minimum atomic E-state index is -3.87. The molecule has 158 valence electrons. The van der Waals surface area contributed by atoms with E-state index in [1.165, 1.54) is 45.6 Å². The summed E-state index contributed by atoms with van der Waals surface area (Å²) in [6, 6.07) is 8.68. The summed E-state index contributed by atoms with van der Waals surface area (Å²) in [5, 5.41) is 2.57. The van der Waals surface area contributed by atoms with Crippen LogP contribution in [0.25, 0.3) is 0 Å². The first kappa shape index (κ1) is 20.4. The smallest absolute Gasteiger partial charge is 0.243 e. The third-order valence-electron chi connectivity index (χ3n) is 5.34. The molecule has 1 saturated heterocycles. The predicted molar refractivity (Wildman–Crippen MR) is 104 cm³/mol. The molecule has 2 aromatic rings. The van der Waals surface area contributed by atoms with E-state index in [-0.39, 0.29) is 55.0 Å². The van der Waals surface area contributed by atoms with Crippen molar-refractivity contribution in [2.24, 2.45) is 0 Å². The number of fused-ring (bicyclic) bond motifs is 1. The van der Waals surface area contributed by atoms with Gasteiger partial charge >= 0.3 is 0 Å². The summed E-state index contributed by atoms with van der Waals surface area (Å²) in [7, 11) is -3.87. The molecule has 7 nitrogen and oxygen atoms in total. The molecule has 0 aromatic heterocycles. The number of carbonyl (C=O) groups excluding carboxylic acids is 2. The van der Waals surface area contributed by atoms with E-state index in [1.54, 1.807) is 0 Å². The topological polar surface area (TPSA) is 86.8 Å². The number of amides is 2. The van der Waals surface area contributed by atoms with Crippen molar-refractivity contribution in [2.45, 2.75) is 17.2 Å². The average Bonchev–Trinajstić information content (AvgIpc) is 2.72. The van der Waals surface area contributed by atoms with Crippen LogP contribution >= 0.6 is 0 Å². The minimum absolute atomic E-state index is 0.0553. The fraction of sp³-hybridized carbons (Fsp3) is 0.300. The maximum absolute atomic E-state index is 13.5. The Morgan fingerprint density at radius 1 is 1.00 bits per heavy atom. The van der Waals surface area contributed by atoms with Crippen LogP contribution in [-0.2, 0) is 19.6 Å². The molecule has 1 fully saturated rings. The maximum Gasteiger partial charge on any atom is 0.243 e. The summed E-state index contributed by atoms with van der Waals surface area (Å²) in [5.41, 5.74) is 0.813. The number of nitrogens with one attached hydrogen (secondary N) is 1. The Balaban J connectivity index is 1.48. The Labute approximate surface area is 172 Å². The Morgan fingerprint density at radius 3 is 2.40 bits per heavy atom. The number of sulfonamides is 1. The molecule has 30 heavy (non-hydrogen) atoms. The molecule has 2 aromatic carbocycles. The number of nitrogens with zero attached hydrogens (tertiary/aromatic N) is 2. The van der Waals surface area contributed by atoms with Gasteiger partial charge in [-0.1, -0.05) is 12.1 Å². The van der Waals surface area contributed by atoms with Crippen LogP contribution in [0.3, 0.4) is 0 Å². The summed E-state index contributed by atoms with van der Waals surface area (Å²) in [6.07, 6.45) is -0.0563. The molecular formula is C20H19F2N3O4S. The van der Waals surface area contributed by atoms with Gasteiger partial charge in [0.05, 0.1) is 10.8 Å². The first-order valence-corrected chi connectivity index (χ1v) is 10.8. The van der Waals surface area contributed by atoms with Gasteiger partial charge in [-0.05, 0) is 35.9 Å². The lowest BCUT2D eigenvalue weighted by atomic mass is 9.89. The number of piperazine rings is 1. The van der Waals surface area contributed by atoms with E-state index in [0.29, 0.717) is 5.56 Å². The number of hydrogen-bond acceptors (Lipinski definition) is 4. The van der Waals surface area contributed by atoms with Gasteiger partial charge in [0.15, 0.2) is 0 Å². The Morgan fingerprint density at radius 2 is 1.70 bits per heavy atom. The van der Waals surface area contributed by atoms with Crippen molar-refractivity contribution in [2.75, 3.05) is 31.5 Å². The van der Waals surface area contributed by atoms with E-state index in [4.69, 9.17) is 0 Å². The van der Waals surface area contributed by atoms with Crippen LogP contribution in [0.1, 0.15) is 17.9 Å². The van der Waals surface area contributed by atoms with Crippen LogP contribution in [0.4, 0.5) is 14.5 Å². The highest BCUT2D eigenvalue weighted by molar-refractivity contribution is 7.89. The van der Waals surface area contributed by atoms with Crippen LogP contribution in [0.15, 0.2) is 47.4 Å². The molecule has 0 spiro atoms. The lowest BCUT2D eigenvalue weighted by molar-refractivity contribution is -0.136. The predicted octanol–water partition coefficient (Wildman–Crippen LogP) is 1.92. The van der Waals surface area contributed by atoms with Crippen molar-refractivity contribution in [1.29, 1.82) is 0 Å². The van der Waals surface area contributed by atoms with Gasteiger partial charge in [-0.15, -0.1) is 0 Å². The molecule has 4 rings (SSSR count). The molecule has 10 heteroatoms. The van der Waals surface area contributed by atoms with Crippen LogP contribution in [-0.4, -0.2) is 55.6 Å². The van der Waals surface area contributed by atoms with Gasteiger partial charge in [0.1, 0.15) is 11.6 Å². The molecule has 0 radical (unpaired) electrons. The van der Waals surface area contributed by atoms with Gasteiger partial charge in [0.25, 0.3) is 0 Å². The fourth-order valence-electron chi connectivity index (χ4n) is 3.80. The van der Waals surface area contributed by atoms with Crippen LogP contribution < -0.4 is 5.32 Å². The van der Waals surface area contributed by atoms with Gasteiger partial charge in [0.2, 0.25) is 21.8 Å². The third-order valence-corrected chi connectivity index (χ3v) is 7.23. The Hall–Kier alpha value is -2.85. The third kappa shape index (κ3) is 3.80. The molecule has 2 amide bonds. The van der Waals surface area contributed by atoms with Crippen LogP contribution in [0.2, 0.25) is 0 Å². The molecule has 0 saturated carbocycles. The van der Waals surface area contributed by atoms with Crippen molar-refractivity contribution in [3.05, 3.63) is 59.7 Å². The monoisotopic (exact) mass is 435 g/mol. The summed E-state index contributed by atoms with van der Waals surface area (Å²) in [4.78, 5) is 26.4. The number of benzene rings is 2. The molecule has 0 aliphatic carbocycles. The summed E-state index contributed by atoms with van der Waals surface area (Å²) in [5.74, 6) is -2.59. The highest BCUT2D eigenvalue weighted by Gasteiger charge is 2.36. The second kappa shape index (κ2) is 7.77. The van der Waals surface area contributed by atoms with Gasteiger partial charge in [-0.25, -0.2) is 17.2 Å². The largest absolute Gasteiger partial charge is 0.340 e. The summed E-state index contributed by atoms with van der Waals surface area (Å²) < 4.78 is 53.6. The highest BCUT2D eigenvalue weighted by atomic mass is 32.2. The van der Waals surface area contributed by atoms with Crippen molar-refractivity contribution in [1.82, 2.24) is 9.21 Å². The molecule has 2 aliphatic heterocycles. The first-order chi connectivity index (χ1) is 14.3. The van der Waals surface area contributed by atoms with Gasteiger partial charge in [-0.3, -0.25) is 9.59 Å². The number of halogens is 2. The van der Waals surface area contributed by atoms with Crippen molar-refractivity contribution >= 4 is 27.5 Å². The molecule has 2 heterocycles. The molecule has 1 atom stereocenters. The second-order valence-corrected chi connectivity index (χ2v) is 9.16. The lowest BCUT2D eigenvalue weighted by Crippen LogP contribution is -2.52. The van der Waals surface area contributed by atoms with Crippen LogP contribution in [0, 0.1) is 11.6 Å². The molecule has 2 aliphatic rings.